The summed E-state index contributed by atoms with van der Waals surface area (Å²) >= 11 is 5.95. The van der Waals surface area contributed by atoms with Gasteiger partial charge in [0.1, 0.15) is 11.6 Å². The number of hydrogen-bond acceptors (Lipinski definition) is 7. The van der Waals surface area contributed by atoms with Crippen molar-refractivity contribution in [1.29, 1.82) is 0 Å². The Kier molecular flexibility index (Phi) is 7.13. The van der Waals surface area contributed by atoms with Crippen LogP contribution in [0, 0.1) is 18.2 Å². The molecule has 1 saturated heterocycles. The quantitative estimate of drug-likeness (QED) is 0.477. The molecule has 1 aromatic carbocycles. The number of anilines is 2. The van der Waals surface area contributed by atoms with E-state index < -0.39 is 11.2 Å². The number of nitrogens with one attached hydrogen (secondary N) is 2. The number of hydrogen-bond donors (Lipinski definition) is 2. The molecule has 0 bridgehead atoms. The highest BCUT2D eigenvalue weighted by Crippen LogP contribution is 2.40. The van der Waals surface area contributed by atoms with E-state index in [1.807, 2.05) is 19.9 Å². The van der Waals surface area contributed by atoms with E-state index in [4.69, 9.17) is 16.3 Å². The smallest absolute Gasteiger partial charge is 0.312 e. The molecule has 0 spiro atoms. The third-order valence-electron chi connectivity index (χ3n) is 6.38. The maximum absolute atomic E-state index is 14.4. The number of nitrogens with zero attached hydrogens (tertiary/aromatic N) is 4. The van der Waals surface area contributed by atoms with Gasteiger partial charge in [0.2, 0.25) is 0 Å². The van der Waals surface area contributed by atoms with Crippen molar-refractivity contribution in [2.24, 2.45) is 5.41 Å². The number of H-pyrrole nitrogens is 1. The number of carbonyl (C=O) groups excluding carboxylic acids is 1. The summed E-state index contributed by atoms with van der Waals surface area (Å²) in [6.07, 6.45) is 4.79. The number of aromatic nitrogens is 4. The fourth-order valence-electron chi connectivity index (χ4n) is 4.65. The number of esters is 1. The lowest BCUT2D eigenvalue weighted by molar-refractivity contribution is -0.157. The summed E-state index contributed by atoms with van der Waals surface area (Å²) in [4.78, 5) is 24.1. The maximum atomic E-state index is 14.4. The van der Waals surface area contributed by atoms with Crippen molar-refractivity contribution in [2.45, 2.75) is 45.7 Å². The highest BCUT2D eigenvalue weighted by Gasteiger charge is 2.45. The van der Waals surface area contributed by atoms with Crippen molar-refractivity contribution >= 4 is 29.2 Å². The largest absolute Gasteiger partial charge is 0.469 e. The van der Waals surface area contributed by atoms with Crippen LogP contribution in [0.15, 0.2) is 36.7 Å². The van der Waals surface area contributed by atoms with Gasteiger partial charge in [0.05, 0.1) is 29.4 Å². The third-order valence-corrected chi connectivity index (χ3v) is 6.67. The number of halogens is 2. The van der Waals surface area contributed by atoms with E-state index in [0.717, 1.165) is 5.69 Å². The lowest BCUT2D eigenvalue weighted by atomic mass is 9.72. The molecule has 0 radical (unpaired) electrons. The molecule has 180 valence electrons. The van der Waals surface area contributed by atoms with Gasteiger partial charge in [-0.05, 0) is 39.3 Å². The SMILES string of the molecule is COC(=O)[C@]1(Cc2cncc(Nc3cc(C)[nH]n3)n2)CCN(Cc2cccc(Cl)c2F)[C@H](C)C1. The number of ether oxygens (including phenoxy) is 1. The number of benzene rings is 1. The van der Waals surface area contributed by atoms with E-state index in [2.05, 4.69) is 30.4 Å². The van der Waals surface area contributed by atoms with Crippen LogP contribution < -0.4 is 5.32 Å². The summed E-state index contributed by atoms with van der Waals surface area (Å²) in [5.74, 6) is 0.525. The van der Waals surface area contributed by atoms with Crippen molar-refractivity contribution in [3.8, 4) is 0 Å². The molecular weight excluding hydrogens is 459 g/mol. The fourth-order valence-corrected chi connectivity index (χ4v) is 4.84. The minimum absolute atomic E-state index is 0.0209. The highest BCUT2D eigenvalue weighted by atomic mass is 35.5. The third kappa shape index (κ3) is 5.20. The van der Waals surface area contributed by atoms with Crippen molar-refractivity contribution in [3.05, 3.63) is 64.5 Å². The Morgan fingerprint density at radius 2 is 2.21 bits per heavy atom. The molecule has 10 heteroatoms. The first-order chi connectivity index (χ1) is 16.3. The summed E-state index contributed by atoms with van der Waals surface area (Å²) in [7, 11) is 1.41. The number of likely N-dealkylation sites (tertiary alicyclic amines) is 1. The van der Waals surface area contributed by atoms with E-state index in [1.54, 1.807) is 30.6 Å². The summed E-state index contributed by atoms with van der Waals surface area (Å²) in [6, 6.07) is 6.92. The monoisotopic (exact) mass is 486 g/mol. The molecule has 34 heavy (non-hydrogen) atoms. The van der Waals surface area contributed by atoms with Gasteiger partial charge in [-0.25, -0.2) is 9.37 Å². The molecule has 2 atom stereocenters. The first kappa shape index (κ1) is 24.1. The van der Waals surface area contributed by atoms with E-state index in [0.29, 0.717) is 55.2 Å². The number of aromatic amines is 1. The molecule has 1 aliphatic heterocycles. The molecule has 0 aliphatic carbocycles. The van der Waals surface area contributed by atoms with Crippen LogP contribution in [-0.4, -0.2) is 50.7 Å². The minimum Gasteiger partial charge on any atom is -0.469 e. The van der Waals surface area contributed by atoms with Crippen molar-refractivity contribution in [1.82, 2.24) is 25.1 Å². The summed E-state index contributed by atoms with van der Waals surface area (Å²) in [6.45, 7) is 4.99. The molecule has 2 N–H and O–H groups in total. The number of rotatable bonds is 7. The highest BCUT2D eigenvalue weighted by molar-refractivity contribution is 6.30. The Labute approximate surface area is 202 Å². The minimum atomic E-state index is -0.742. The van der Waals surface area contributed by atoms with Crippen molar-refractivity contribution in [3.63, 3.8) is 0 Å². The molecule has 8 nitrogen and oxygen atoms in total. The van der Waals surface area contributed by atoms with Crippen LogP contribution in [0.5, 0.6) is 0 Å². The van der Waals surface area contributed by atoms with Gasteiger partial charge in [0.25, 0.3) is 0 Å². The zero-order valence-corrected chi connectivity index (χ0v) is 20.2. The molecule has 0 amide bonds. The number of carbonyl (C=O) groups is 1. The molecule has 2 aromatic heterocycles. The summed E-state index contributed by atoms with van der Waals surface area (Å²) in [5.41, 5.74) is 1.41. The second kappa shape index (κ2) is 10.1. The average molecular weight is 487 g/mol. The first-order valence-electron chi connectivity index (χ1n) is 11.1. The van der Waals surface area contributed by atoms with Gasteiger partial charge >= 0.3 is 5.97 Å². The van der Waals surface area contributed by atoms with Gasteiger partial charge in [0, 0.05) is 42.5 Å². The van der Waals surface area contributed by atoms with Crippen molar-refractivity contribution < 1.29 is 13.9 Å². The van der Waals surface area contributed by atoms with Gasteiger partial charge in [-0.2, -0.15) is 5.10 Å². The normalized spacial score (nSPS) is 20.8. The Hall–Kier alpha value is -3.04. The Bertz CT molecular complexity index is 1170. The predicted octanol–water partition coefficient (Wildman–Crippen LogP) is 4.43. The molecule has 4 rings (SSSR count). The van der Waals surface area contributed by atoms with E-state index >= 15 is 0 Å². The Morgan fingerprint density at radius 1 is 1.38 bits per heavy atom. The number of piperidine rings is 1. The van der Waals surface area contributed by atoms with Gasteiger partial charge in [-0.15, -0.1) is 0 Å². The van der Waals surface area contributed by atoms with Gasteiger partial charge in [-0.1, -0.05) is 23.7 Å². The fraction of sp³-hybridized carbons (Fsp3) is 0.417. The van der Waals surface area contributed by atoms with Crippen LogP contribution in [0.2, 0.25) is 5.02 Å². The van der Waals surface area contributed by atoms with Crippen LogP contribution in [0.4, 0.5) is 16.0 Å². The van der Waals surface area contributed by atoms with Crippen molar-refractivity contribution in [2.75, 3.05) is 19.0 Å². The molecule has 0 saturated carbocycles. The summed E-state index contributed by atoms with van der Waals surface area (Å²) in [5, 5.41) is 10.3. The van der Waals surface area contributed by atoms with Crippen LogP contribution >= 0.6 is 11.6 Å². The lowest BCUT2D eigenvalue weighted by Crippen LogP contribution is -2.50. The summed E-state index contributed by atoms with van der Waals surface area (Å²) < 4.78 is 19.7. The molecule has 3 heterocycles. The van der Waals surface area contributed by atoms with E-state index in [1.165, 1.54) is 7.11 Å². The lowest BCUT2D eigenvalue weighted by Gasteiger charge is -2.44. The number of aryl methyl sites for hydroxylation is 1. The van der Waals surface area contributed by atoms with Crippen LogP contribution in [0.25, 0.3) is 0 Å². The van der Waals surface area contributed by atoms with E-state index in [9.17, 15) is 9.18 Å². The number of methoxy groups -OCH3 is 1. The topological polar surface area (TPSA) is 96.0 Å². The van der Waals surface area contributed by atoms with Crippen LogP contribution in [0.1, 0.15) is 36.7 Å². The average Bonchev–Trinajstić information content (AvgIpc) is 3.22. The van der Waals surface area contributed by atoms with Crippen LogP contribution in [0.3, 0.4) is 0 Å². The standard InChI is InChI=1S/C24H28ClFN6O2/c1-15-9-20(31-30-15)29-21-13-27-12-18(28-21)11-24(23(33)34-3)7-8-32(16(2)10-24)14-17-5-4-6-19(25)22(17)26/h4-6,9,12-13,16H,7-8,10-11,14H2,1-3H3,(H2,28,29,30,31)/t16-,24-/m1/s1. The van der Waals surface area contributed by atoms with Gasteiger partial charge in [-0.3, -0.25) is 19.8 Å². The van der Waals surface area contributed by atoms with Gasteiger partial charge < -0.3 is 10.1 Å². The Morgan fingerprint density at radius 3 is 2.91 bits per heavy atom. The predicted molar refractivity (Wildman–Crippen MR) is 127 cm³/mol. The maximum Gasteiger partial charge on any atom is 0.312 e. The second-order valence-electron chi connectivity index (χ2n) is 8.89. The zero-order valence-electron chi connectivity index (χ0n) is 19.4. The second-order valence-corrected chi connectivity index (χ2v) is 9.30. The van der Waals surface area contributed by atoms with Gasteiger partial charge in [0.15, 0.2) is 5.82 Å². The molecule has 1 fully saturated rings. The molecule has 0 unspecified atom stereocenters. The molecule has 3 aromatic rings. The molecule has 1 aliphatic rings. The zero-order chi connectivity index (χ0) is 24.3. The molecular formula is C24H28ClFN6O2. The first-order valence-corrected chi connectivity index (χ1v) is 11.5. The van der Waals surface area contributed by atoms with Crippen LogP contribution in [-0.2, 0) is 22.5 Å². The van der Waals surface area contributed by atoms with E-state index in [-0.39, 0.29) is 17.0 Å². The Balaban J connectivity index is 1.50.